The van der Waals surface area contributed by atoms with Crippen LogP contribution in [0.15, 0.2) is 53.4 Å². The Balaban J connectivity index is 1.69. The van der Waals surface area contributed by atoms with Gasteiger partial charge in [-0.15, -0.1) is 0 Å². The Hall–Kier alpha value is -3.13. The zero-order valence-corrected chi connectivity index (χ0v) is 15.1. The maximum Gasteiger partial charge on any atom is 0.294 e. The number of carbonyl (C=O) groups is 3. The highest BCUT2D eigenvalue weighted by molar-refractivity contribution is 8.18. The molecule has 0 unspecified atom stereocenters. The number of ether oxygens (including phenoxy) is 1. The quantitative estimate of drug-likeness (QED) is 0.796. The molecule has 0 spiro atoms. The van der Waals surface area contributed by atoms with Crippen LogP contribution in [-0.4, -0.2) is 35.6 Å². The van der Waals surface area contributed by atoms with Gasteiger partial charge in [-0.2, -0.15) is 0 Å². The Bertz CT molecular complexity index is 928. The zero-order chi connectivity index (χ0) is 19.4. The van der Waals surface area contributed by atoms with Crippen molar-refractivity contribution in [3.05, 3.63) is 64.8 Å². The predicted molar refractivity (Wildman–Crippen MR) is 101 cm³/mol. The summed E-state index contributed by atoms with van der Waals surface area (Å²) in [6.45, 7) is -0.487. The van der Waals surface area contributed by atoms with Gasteiger partial charge in [0.25, 0.3) is 11.1 Å². The van der Waals surface area contributed by atoms with Gasteiger partial charge >= 0.3 is 0 Å². The molecule has 27 heavy (non-hydrogen) atoms. The lowest BCUT2D eigenvalue weighted by Gasteiger charge is -2.12. The van der Waals surface area contributed by atoms with Crippen molar-refractivity contribution in [2.24, 2.45) is 0 Å². The lowest BCUT2D eigenvalue weighted by atomic mass is 10.2. The molecule has 0 aromatic heterocycles. The number of amides is 3. The van der Waals surface area contributed by atoms with Crippen LogP contribution in [0.2, 0.25) is 0 Å². The molecule has 2 aromatic carbocycles. The summed E-state index contributed by atoms with van der Waals surface area (Å²) >= 11 is 0.751. The highest BCUT2D eigenvalue weighted by Gasteiger charge is 2.36. The molecular formula is C19H15FN2O4S. The first-order valence-electron chi connectivity index (χ1n) is 7.92. The van der Waals surface area contributed by atoms with Gasteiger partial charge in [0.2, 0.25) is 5.91 Å². The fourth-order valence-corrected chi connectivity index (χ4v) is 3.22. The summed E-state index contributed by atoms with van der Waals surface area (Å²) in [5.74, 6) is -1.15. The Morgan fingerprint density at radius 3 is 2.56 bits per heavy atom. The highest BCUT2D eigenvalue weighted by atomic mass is 32.2. The third-order valence-electron chi connectivity index (χ3n) is 3.74. The summed E-state index contributed by atoms with van der Waals surface area (Å²) < 4.78 is 18.7. The van der Waals surface area contributed by atoms with Gasteiger partial charge in [-0.3, -0.25) is 19.3 Å². The molecule has 0 bridgehead atoms. The Morgan fingerprint density at radius 1 is 1.19 bits per heavy atom. The van der Waals surface area contributed by atoms with Crippen LogP contribution in [0.1, 0.15) is 5.56 Å². The van der Waals surface area contributed by atoms with Gasteiger partial charge < -0.3 is 10.1 Å². The summed E-state index contributed by atoms with van der Waals surface area (Å²) in [4.78, 5) is 37.7. The Labute approximate surface area is 159 Å². The molecule has 6 nitrogen and oxygen atoms in total. The first-order valence-corrected chi connectivity index (χ1v) is 8.73. The van der Waals surface area contributed by atoms with Crippen LogP contribution >= 0.6 is 11.8 Å². The molecule has 0 radical (unpaired) electrons. The Morgan fingerprint density at radius 2 is 1.89 bits per heavy atom. The van der Waals surface area contributed by atoms with E-state index < -0.39 is 29.4 Å². The van der Waals surface area contributed by atoms with E-state index in [1.807, 2.05) is 0 Å². The first-order chi connectivity index (χ1) is 13.0. The number of methoxy groups -OCH3 is 1. The van der Waals surface area contributed by atoms with E-state index in [1.54, 1.807) is 43.5 Å². The molecule has 138 valence electrons. The topological polar surface area (TPSA) is 75.7 Å². The molecule has 0 aliphatic carbocycles. The van der Waals surface area contributed by atoms with E-state index >= 15 is 0 Å². The minimum atomic E-state index is -0.659. The SMILES string of the molecule is COc1ccc(C=C2SC(=O)N(CC(=O)Nc3ccccc3F)C2=O)cc1. The summed E-state index contributed by atoms with van der Waals surface area (Å²) in [6, 6.07) is 12.6. The number of hydrogen-bond acceptors (Lipinski definition) is 5. The second kappa shape index (κ2) is 8.05. The number of carbonyl (C=O) groups excluding carboxylic acids is 3. The molecule has 3 rings (SSSR count). The molecule has 1 heterocycles. The monoisotopic (exact) mass is 386 g/mol. The summed E-state index contributed by atoms with van der Waals surface area (Å²) in [5, 5.41) is 1.80. The lowest BCUT2D eigenvalue weighted by Crippen LogP contribution is -2.36. The average Bonchev–Trinajstić information content (AvgIpc) is 2.91. The maximum absolute atomic E-state index is 13.6. The summed E-state index contributed by atoms with van der Waals surface area (Å²) in [6.07, 6.45) is 1.57. The van der Waals surface area contributed by atoms with Gasteiger partial charge in [0.15, 0.2) is 0 Å². The van der Waals surface area contributed by atoms with Gasteiger partial charge in [0.1, 0.15) is 18.1 Å². The van der Waals surface area contributed by atoms with Gasteiger partial charge in [0.05, 0.1) is 17.7 Å². The minimum Gasteiger partial charge on any atom is -0.497 e. The van der Waals surface area contributed by atoms with Crippen LogP contribution in [0.4, 0.5) is 14.9 Å². The van der Waals surface area contributed by atoms with Crippen molar-refractivity contribution in [2.45, 2.75) is 0 Å². The largest absolute Gasteiger partial charge is 0.497 e. The zero-order valence-electron chi connectivity index (χ0n) is 14.3. The molecule has 1 saturated heterocycles. The van der Waals surface area contributed by atoms with Crippen molar-refractivity contribution in [3.8, 4) is 5.75 Å². The van der Waals surface area contributed by atoms with Crippen molar-refractivity contribution >= 4 is 40.6 Å². The van der Waals surface area contributed by atoms with Gasteiger partial charge in [-0.1, -0.05) is 24.3 Å². The van der Waals surface area contributed by atoms with Crippen LogP contribution < -0.4 is 10.1 Å². The third-order valence-corrected chi connectivity index (χ3v) is 4.64. The smallest absolute Gasteiger partial charge is 0.294 e. The van der Waals surface area contributed by atoms with Crippen LogP contribution in [0, 0.1) is 5.82 Å². The van der Waals surface area contributed by atoms with Crippen molar-refractivity contribution in [3.63, 3.8) is 0 Å². The number of hydrogen-bond donors (Lipinski definition) is 1. The van der Waals surface area contributed by atoms with Gasteiger partial charge in [0, 0.05) is 0 Å². The van der Waals surface area contributed by atoms with E-state index in [2.05, 4.69) is 5.32 Å². The number of halogens is 1. The molecule has 1 N–H and O–H groups in total. The fraction of sp³-hybridized carbons (Fsp3) is 0.105. The lowest BCUT2D eigenvalue weighted by molar-refractivity contribution is -0.127. The van der Waals surface area contributed by atoms with E-state index in [-0.39, 0.29) is 10.6 Å². The molecule has 1 aliphatic heterocycles. The normalized spacial score (nSPS) is 15.3. The number of rotatable bonds is 5. The summed E-state index contributed by atoms with van der Waals surface area (Å²) in [5.41, 5.74) is 0.709. The molecule has 8 heteroatoms. The molecule has 1 fully saturated rings. The predicted octanol–water partition coefficient (Wildman–Crippen LogP) is 3.51. The van der Waals surface area contributed by atoms with Crippen molar-refractivity contribution in [1.29, 1.82) is 0 Å². The molecule has 2 aromatic rings. The number of benzene rings is 2. The summed E-state index contributed by atoms with van der Waals surface area (Å²) in [7, 11) is 1.55. The van der Waals surface area contributed by atoms with Crippen LogP contribution in [0.3, 0.4) is 0 Å². The number of thioether (sulfide) groups is 1. The molecule has 0 atom stereocenters. The van der Waals surface area contributed by atoms with Gasteiger partial charge in [-0.05, 0) is 47.7 Å². The number of para-hydroxylation sites is 1. The van der Waals surface area contributed by atoms with Crippen LogP contribution in [-0.2, 0) is 9.59 Å². The van der Waals surface area contributed by atoms with E-state index in [1.165, 1.54) is 18.2 Å². The van der Waals surface area contributed by atoms with E-state index in [9.17, 15) is 18.8 Å². The van der Waals surface area contributed by atoms with Gasteiger partial charge in [-0.25, -0.2) is 4.39 Å². The number of anilines is 1. The minimum absolute atomic E-state index is 0.0109. The van der Waals surface area contributed by atoms with Crippen molar-refractivity contribution < 1.29 is 23.5 Å². The number of nitrogens with one attached hydrogen (secondary N) is 1. The number of nitrogens with zero attached hydrogens (tertiary/aromatic N) is 1. The fourth-order valence-electron chi connectivity index (χ4n) is 2.38. The third kappa shape index (κ3) is 4.35. The second-order valence-electron chi connectivity index (χ2n) is 5.57. The van der Waals surface area contributed by atoms with Crippen molar-refractivity contribution in [1.82, 2.24) is 4.90 Å². The molecular weight excluding hydrogens is 371 g/mol. The second-order valence-corrected chi connectivity index (χ2v) is 6.56. The average molecular weight is 386 g/mol. The van der Waals surface area contributed by atoms with E-state index in [0.717, 1.165) is 22.2 Å². The maximum atomic E-state index is 13.6. The molecule has 0 saturated carbocycles. The first kappa shape index (κ1) is 18.7. The van der Waals surface area contributed by atoms with E-state index in [0.29, 0.717) is 5.75 Å². The molecule has 1 aliphatic rings. The molecule has 3 amide bonds. The Kier molecular flexibility index (Phi) is 5.56. The van der Waals surface area contributed by atoms with Crippen LogP contribution in [0.5, 0.6) is 5.75 Å². The number of imide groups is 1. The van der Waals surface area contributed by atoms with Crippen molar-refractivity contribution in [2.75, 3.05) is 19.0 Å². The van der Waals surface area contributed by atoms with E-state index in [4.69, 9.17) is 4.74 Å². The van der Waals surface area contributed by atoms with Crippen LogP contribution in [0.25, 0.3) is 6.08 Å². The standard InChI is InChI=1S/C19H15FN2O4S/c1-26-13-8-6-12(7-9-13)10-16-18(24)22(19(25)27-16)11-17(23)21-15-5-3-2-4-14(15)20/h2-10H,11H2,1H3,(H,21,23). The highest BCUT2D eigenvalue weighted by Crippen LogP contribution is 2.32.